The van der Waals surface area contributed by atoms with Crippen LogP contribution in [0.2, 0.25) is 0 Å². The van der Waals surface area contributed by atoms with Crippen LogP contribution >= 0.6 is 0 Å². The van der Waals surface area contributed by atoms with Crippen LogP contribution in [0.15, 0.2) is 0 Å². The largest absolute Gasteiger partial charge is 0.415 e. The van der Waals surface area contributed by atoms with Crippen LogP contribution in [-0.2, 0) is 4.74 Å². The normalized spacial score (nSPS) is 27.6. The first kappa shape index (κ1) is 11.7. The molecule has 1 heterocycles. The van der Waals surface area contributed by atoms with E-state index in [2.05, 4.69) is 0 Å². The van der Waals surface area contributed by atoms with E-state index in [0.717, 1.165) is 0 Å². The van der Waals surface area contributed by atoms with E-state index in [9.17, 15) is 13.2 Å². The van der Waals surface area contributed by atoms with Crippen LogP contribution < -0.4 is 0 Å². The van der Waals surface area contributed by atoms with Gasteiger partial charge in [0.25, 0.3) is 0 Å². The fourth-order valence-electron chi connectivity index (χ4n) is 1.36. The van der Waals surface area contributed by atoms with Gasteiger partial charge in [0.15, 0.2) is 6.10 Å². The van der Waals surface area contributed by atoms with Gasteiger partial charge in [-0.3, -0.25) is 4.90 Å². The second-order valence-electron chi connectivity index (χ2n) is 3.48. The minimum Gasteiger partial charge on any atom is -0.382 e. The highest BCUT2D eigenvalue weighted by Gasteiger charge is 2.40. The summed E-state index contributed by atoms with van der Waals surface area (Å²) < 4.78 is 41.1. The molecule has 0 saturated carbocycles. The lowest BCUT2D eigenvalue weighted by Crippen LogP contribution is -2.49. The third-order valence-corrected chi connectivity index (χ3v) is 2.29. The molecule has 0 aromatic carbocycles. The molecule has 1 aliphatic heterocycles. The van der Waals surface area contributed by atoms with Crippen molar-refractivity contribution >= 4 is 0 Å². The van der Waals surface area contributed by atoms with Crippen LogP contribution in [0, 0.1) is 0 Å². The molecule has 1 aliphatic rings. The van der Waals surface area contributed by atoms with Gasteiger partial charge >= 0.3 is 6.18 Å². The molecular formula is C8H14F3NO2. The third-order valence-electron chi connectivity index (χ3n) is 2.29. The Kier molecular flexibility index (Phi) is 3.74. The molecule has 0 aliphatic carbocycles. The molecule has 14 heavy (non-hydrogen) atoms. The van der Waals surface area contributed by atoms with Crippen molar-refractivity contribution in [2.45, 2.75) is 25.2 Å². The number of hydrogen-bond donors (Lipinski definition) is 1. The fourth-order valence-corrected chi connectivity index (χ4v) is 1.36. The molecule has 2 unspecified atom stereocenters. The molecule has 0 amide bonds. The zero-order chi connectivity index (χ0) is 10.8. The predicted molar refractivity (Wildman–Crippen MR) is 43.9 cm³/mol. The molecule has 3 nitrogen and oxygen atoms in total. The van der Waals surface area contributed by atoms with Crippen LogP contribution in [-0.4, -0.2) is 54.6 Å². The van der Waals surface area contributed by atoms with Crippen molar-refractivity contribution in [1.82, 2.24) is 4.90 Å². The van der Waals surface area contributed by atoms with E-state index in [1.807, 2.05) is 0 Å². The maximum Gasteiger partial charge on any atom is 0.415 e. The summed E-state index contributed by atoms with van der Waals surface area (Å²) in [6.45, 7) is 2.70. The highest BCUT2D eigenvalue weighted by molar-refractivity contribution is 4.77. The topological polar surface area (TPSA) is 32.7 Å². The lowest BCUT2D eigenvalue weighted by atomic mass is 10.2. The van der Waals surface area contributed by atoms with E-state index in [1.54, 1.807) is 11.8 Å². The Balaban J connectivity index is 2.42. The summed E-state index contributed by atoms with van der Waals surface area (Å²) in [6, 6.07) is -0.0688. The SMILES string of the molecule is CC1COCCN1CC(O)C(F)(F)F. The van der Waals surface area contributed by atoms with Crippen LogP contribution in [0.4, 0.5) is 13.2 Å². The molecule has 0 radical (unpaired) electrons. The highest BCUT2D eigenvalue weighted by Crippen LogP contribution is 2.21. The van der Waals surface area contributed by atoms with Crippen molar-refractivity contribution in [3.05, 3.63) is 0 Å². The van der Waals surface area contributed by atoms with Gasteiger partial charge in [0, 0.05) is 19.1 Å². The average Bonchev–Trinajstić information content (AvgIpc) is 2.07. The second-order valence-corrected chi connectivity index (χ2v) is 3.48. The molecule has 1 fully saturated rings. The van der Waals surface area contributed by atoms with Gasteiger partial charge < -0.3 is 9.84 Å². The van der Waals surface area contributed by atoms with Crippen molar-refractivity contribution in [2.24, 2.45) is 0 Å². The minimum absolute atomic E-state index is 0.0688. The van der Waals surface area contributed by atoms with Gasteiger partial charge in [0.1, 0.15) is 0 Å². The van der Waals surface area contributed by atoms with E-state index in [0.29, 0.717) is 19.8 Å². The monoisotopic (exact) mass is 213 g/mol. The Morgan fingerprint density at radius 1 is 1.57 bits per heavy atom. The molecule has 0 aromatic rings. The molecule has 1 N–H and O–H groups in total. The summed E-state index contributed by atoms with van der Waals surface area (Å²) in [5.74, 6) is 0. The first-order chi connectivity index (χ1) is 6.41. The Morgan fingerprint density at radius 3 is 2.71 bits per heavy atom. The lowest BCUT2D eigenvalue weighted by molar-refractivity contribution is -0.211. The summed E-state index contributed by atoms with van der Waals surface area (Å²) in [5.41, 5.74) is 0. The maximum absolute atomic E-state index is 12.0. The number of nitrogens with zero attached hydrogens (tertiary/aromatic N) is 1. The summed E-state index contributed by atoms with van der Waals surface area (Å²) in [5, 5.41) is 8.85. The van der Waals surface area contributed by atoms with Crippen LogP contribution in [0.1, 0.15) is 6.92 Å². The zero-order valence-corrected chi connectivity index (χ0v) is 7.92. The number of halogens is 3. The van der Waals surface area contributed by atoms with Crippen LogP contribution in [0.3, 0.4) is 0 Å². The summed E-state index contributed by atoms with van der Waals surface area (Å²) in [7, 11) is 0. The Hall–Kier alpha value is -0.330. The number of hydrogen-bond acceptors (Lipinski definition) is 3. The number of β-amino-alcohol motifs (C(OH)–C–C–N with tert-alkyl or cyclic N) is 1. The first-order valence-corrected chi connectivity index (χ1v) is 4.48. The smallest absolute Gasteiger partial charge is 0.382 e. The second kappa shape index (κ2) is 4.46. The fraction of sp³-hybridized carbons (Fsp3) is 1.00. The number of rotatable bonds is 2. The summed E-state index contributed by atoms with van der Waals surface area (Å²) >= 11 is 0. The van der Waals surface area contributed by atoms with Crippen molar-refractivity contribution < 1.29 is 23.0 Å². The van der Waals surface area contributed by atoms with Crippen molar-refractivity contribution in [1.29, 1.82) is 0 Å². The number of alkyl halides is 3. The summed E-state index contributed by atoms with van der Waals surface area (Å²) in [4.78, 5) is 1.58. The minimum atomic E-state index is -4.53. The van der Waals surface area contributed by atoms with Gasteiger partial charge in [-0.05, 0) is 6.92 Å². The molecule has 0 aromatic heterocycles. The molecule has 1 saturated heterocycles. The van der Waals surface area contributed by atoms with Gasteiger partial charge in [-0.15, -0.1) is 0 Å². The van der Waals surface area contributed by atoms with Crippen LogP contribution in [0.25, 0.3) is 0 Å². The van der Waals surface area contributed by atoms with Crippen molar-refractivity contribution in [2.75, 3.05) is 26.3 Å². The zero-order valence-electron chi connectivity index (χ0n) is 7.92. The summed E-state index contributed by atoms with van der Waals surface area (Å²) in [6.07, 6.45) is -6.79. The van der Waals surface area contributed by atoms with E-state index >= 15 is 0 Å². The highest BCUT2D eigenvalue weighted by atomic mass is 19.4. The predicted octanol–water partition coefficient (Wildman–Crippen LogP) is 0.630. The first-order valence-electron chi connectivity index (χ1n) is 4.48. The molecule has 2 atom stereocenters. The quantitative estimate of drug-likeness (QED) is 0.730. The Labute approximate surface area is 80.5 Å². The van der Waals surface area contributed by atoms with E-state index in [4.69, 9.17) is 9.84 Å². The van der Waals surface area contributed by atoms with Crippen LogP contribution in [0.5, 0.6) is 0 Å². The third kappa shape index (κ3) is 3.11. The molecule has 1 rings (SSSR count). The number of aliphatic hydroxyl groups is 1. The molecule has 6 heteroatoms. The molecule has 0 spiro atoms. The standard InChI is InChI=1S/C8H14F3NO2/c1-6-5-14-3-2-12(6)4-7(13)8(9,10)11/h6-7,13H,2-5H2,1H3. The van der Waals surface area contributed by atoms with Crippen molar-refractivity contribution in [3.8, 4) is 0 Å². The van der Waals surface area contributed by atoms with Crippen molar-refractivity contribution in [3.63, 3.8) is 0 Å². The number of aliphatic hydroxyl groups excluding tert-OH is 1. The van der Waals surface area contributed by atoms with Gasteiger partial charge in [-0.25, -0.2) is 0 Å². The Bertz CT molecular complexity index is 186. The van der Waals surface area contributed by atoms with Gasteiger partial charge in [0.2, 0.25) is 0 Å². The van der Waals surface area contributed by atoms with Gasteiger partial charge in [-0.1, -0.05) is 0 Å². The van der Waals surface area contributed by atoms with E-state index < -0.39 is 12.3 Å². The number of ether oxygens (including phenoxy) is 1. The Morgan fingerprint density at radius 2 is 2.21 bits per heavy atom. The average molecular weight is 213 g/mol. The molecular weight excluding hydrogens is 199 g/mol. The lowest BCUT2D eigenvalue weighted by Gasteiger charge is -2.34. The molecule has 0 bridgehead atoms. The van der Waals surface area contributed by atoms with E-state index in [1.165, 1.54) is 0 Å². The van der Waals surface area contributed by atoms with Gasteiger partial charge in [-0.2, -0.15) is 13.2 Å². The van der Waals surface area contributed by atoms with E-state index in [-0.39, 0.29) is 12.6 Å². The number of morpholine rings is 1. The maximum atomic E-state index is 12.0. The van der Waals surface area contributed by atoms with Gasteiger partial charge in [0.05, 0.1) is 13.2 Å². The molecule has 84 valence electrons.